The molecule has 1 nitrogen and oxygen atoms in total. The lowest BCUT2D eigenvalue weighted by molar-refractivity contribution is 0.404. The number of ether oxygens (including phenoxy) is 1. The Kier molecular flexibility index (Phi) is 4.43. The first kappa shape index (κ1) is 9.84. The van der Waals surface area contributed by atoms with Crippen molar-refractivity contribution in [2.45, 2.75) is 19.8 Å². The van der Waals surface area contributed by atoms with Crippen LogP contribution in [0, 0.1) is 0 Å². The van der Waals surface area contributed by atoms with Gasteiger partial charge in [-0.3, -0.25) is 0 Å². The summed E-state index contributed by atoms with van der Waals surface area (Å²) in [6.07, 6.45) is 2.36. The average Bonchev–Trinajstić information content (AvgIpc) is 2.09. The van der Waals surface area contributed by atoms with Crippen LogP contribution >= 0.6 is 22.6 Å². The second-order valence-corrected chi connectivity index (χ2v) is 3.27. The van der Waals surface area contributed by atoms with Crippen LogP contribution in [0.25, 0.3) is 0 Å². The first-order chi connectivity index (χ1) is 5.86. The largest absolute Gasteiger partial charge is 0.483 e. The Hall–Kier alpha value is -0.250. The Morgan fingerprint density at radius 3 is 2.42 bits per heavy atom. The third-order valence-electron chi connectivity index (χ3n) is 1.68. The summed E-state index contributed by atoms with van der Waals surface area (Å²) in [7, 11) is 0. The molecule has 0 radical (unpaired) electrons. The van der Waals surface area contributed by atoms with Crippen molar-refractivity contribution < 1.29 is 4.74 Å². The van der Waals surface area contributed by atoms with Crippen LogP contribution in [-0.4, -0.2) is 4.61 Å². The van der Waals surface area contributed by atoms with Crippen LogP contribution in [0.5, 0.6) is 5.75 Å². The van der Waals surface area contributed by atoms with Gasteiger partial charge in [0.2, 0.25) is 0 Å². The minimum atomic E-state index is 0.713. The second kappa shape index (κ2) is 5.41. The highest BCUT2D eigenvalue weighted by Gasteiger charge is 1.92. The van der Waals surface area contributed by atoms with Crippen molar-refractivity contribution in [3.8, 4) is 5.75 Å². The van der Waals surface area contributed by atoms with Gasteiger partial charge in [-0.25, -0.2) is 0 Å². The first-order valence-corrected chi connectivity index (χ1v) is 5.67. The van der Waals surface area contributed by atoms with Crippen LogP contribution in [0.4, 0.5) is 0 Å². The summed E-state index contributed by atoms with van der Waals surface area (Å²) < 4.78 is 6.04. The molecular weight excluding hydrogens is 263 g/mol. The van der Waals surface area contributed by atoms with Gasteiger partial charge in [-0.05, 0) is 46.7 Å². The van der Waals surface area contributed by atoms with E-state index in [0.29, 0.717) is 4.61 Å². The summed E-state index contributed by atoms with van der Waals surface area (Å²) in [6.45, 7) is 2.19. The lowest BCUT2D eigenvalue weighted by Gasteiger charge is -2.02. The van der Waals surface area contributed by atoms with Gasteiger partial charge in [0.05, 0.1) is 0 Å². The molecule has 0 saturated heterocycles. The van der Waals surface area contributed by atoms with Crippen LogP contribution in [0.1, 0.15) is 18.9 Å². The number of hydrogen-bond donors (Lipinski definition) is 0. The van der Waals surface area contributed by atoms with E-state index in [1.54, 1.807) is 0 Å². The number of aryl methyl sites for hydroxylation is 1. The summed E-state index contributed by atoms with van der Waals surface area (Å²) in [6, 6.07) is 8.32. The fourth-order valence-electron chi connectivity index (χ4n) is 1.10. The lowest BCUT2D eigenvalue weighted by atomic mass is 10.1. The van der Waals surface area contributed by atoms with Crippen molar-refractivity contribution in [1.82, 2.24) is 0 Å². The van der Waals surface area contributed by atoms with Crippen LogP contribution in [0.2, 0.25) is 0 Å². The summed E-state index contributed by atoms with van der Waals surface area (Å²) in [4.78, 5) is 0. The molecule has 0 amide bonds. The zero-order valence-corrected chi connectivity index (χ0v) is 9.37. The van der Waals surface area contributed by atoms with E-state index in [1.165, 1.54) is 12.0 Å². The predicted octanol–water partition coefficient (Wildman–Crippen LogP) is 3.41. The maximum absolute atomic E-state index is 5.33. The molecule has 1 aromatic carbocycles. The molecule has 0 aliphatic rings. The molecule has 0 aliphatic carbocycles. The van der Waals surface area contributed by atoms with E-state index >= 15 is 0 Å². The maximum Gasteiger partial charge on any atom is 0.139 e. The van der Waals surface area contributed by atoms with E-state index in [0.717, 1.165) is 12.2 Å². The number of halogens is 1. The lowest BCUT2D eigenvalue weighted by Crippen LogP contribution is -1.88. The fraction of sp³-hybridized carbons (Fsp3) is 0.400. The van der Waals surface area contributed by atoms with Crippen LogP contribution in [-0.2, 0) is 6.42 Å². The zero-order chi connectivity index (χ0) is 8.81. The van der Waals surface area contributed by atoms with Gasteiger partial charge in [-0.15, -0.1) is 0 Å². The van der Waals surface area contributed by atoms with Crippen LogP contribution in [0.15, 0.2) is 24.3 Å². The van der Waals surface area contributed by atoms with Gasteiger partial charge in [-0.2, -0.15) is 0 Å². The summed E-state index contributed by atoms with van der Waals surface area (Å²) >= 11 is 2.19. The minimum absolute atomic E-state index is 0.713. The molecule has 66 valence electrons. The smallest absolute Gasteiger partial charge is 0.139 e. The molecule has 0 saturated carbocycles. The summed E-state index contributed by atoms with van der Waals surface area (Å²) in [5.74, 6) is 0.962. The van der Waals surface area contributed by atoms with E-state index in [4.69, 9.17) is 4.74 Å². The monoisotopic (exact) mass is 276 g/mol. The Morgan fingerprint density at radius 2 is 1.92 bits per heavy atom. The average molecular weight is 276 g/mol. The number of hydrogen-bond acceptors (Lipinski definition) is 1. The number of benzene rings is 1. The molecule has 0 atom stereocenters. The molecule has 0 unspecified atom stereocenters. The number of alkyl halides is 1. The number of rotatable bonds is 4. The van der Waals surface area contributed by atoms with Crippen molar-refractivity contribution in [3.05, 3.63) is 29.8 Å². The molecule has 0 heterocycles. The van der Waals surface area contributed by atoms with Gasteiger partial charge in [0.15, 0.2) is 0 Å². The van der Waals surface area contributed by atoms with Gasteiger partial charge < -0.3 is 4.74 Å². The highest BCUT2D eigenvalue weighted by Crippen LogP contribution is 2.13. The highest BCUT2D eigenvalue weighted by molar-refractivity contribution is 14.1. The van der Waals surface area contributed by atoms with Crippen molar-refractivity contribution in [2.24, 2.45) is 0 Å². The van der Waals surface area contributed by atoms with Gasteiger partial charge in [0.25, 0.3) is 0 Å². The third-order valence-corrected chi connectivity index (χ3v) is 1.99. The van der Waals surface area contributed by atoms with Crippen molar-refractivity contribution in [3.63, 3.8) is 0 Å². The van der Waals surface area contributed by atoms with E-state index in [9.17, 15) is 0 Å². The molecule has 1 rings (SSSR count). The van der Waals surface area contributed by atoms with Gasteiger partial charge in [0, 0.05) is 0 Å². The van der Waals surface area contributed by atoms with E-state index < -0.39 is 0 Å². The fourth-order valence-corrected chi connectivity index (χ4v) is 1.46. The Labute approximate surface area is 87.3 Å². The van der Waals surface area contributed by atoms with Gasteiger partial charge >= 0.3 is 0 Å². The van der Waals surface area contributed by atoms with E-state index in [-0.39, 0.29) is 0 Å². The predicted molar refractivity (Wildman–Crippen MR) is 60.0 cm³/mol. The van der Waals surface area contributed by atoms with Crippen molar-refractivity contribution in [2.75, 3.05) is 4.61 Å². The van der Waals surface area contributed by atoms with E-state index in [2.05, 4.69) is 41.6 Å². The van der Waals surface area contributed by atoms with Gasteiger partial charge in [-0.1, -0.05) is 25.5 Å². The molecule has 0 fully saturated rings. The third kappa shape index (κ3) is 3.01. The van der Waals surface area contributed by atoms with Crippen LogP contribution < -0.4 is 4.74 Å². The van der Waals surface area contributed by atoms with Crippen LogP contribution in [0.3, 0.4) is 0 Å². The molecule has 0 spiro atoms. The minimum Gasteiger partial charge on any atom is -0.483 e. The Morgan fingerprint density at radius 1 is 1.25 bits per heavy atom. The molecule has 0 N–H and O–H groups in total. The van der Waals surface area contributed by atoms with E-state index in [1.807, 2.05) is 12.1 Å². The van der Waals surface area contributed by atoms with Crippen molar-refractivity contribution >= 4 is 22.6 Å². The second-order valence-electron chi connectivity index (χ2n) is 2.65. The molecule has 1 aromatic rings. The topological polar surface area (TPSA) is 9.23 Å². The quantitative estimate of drug-likeness (QED) is 0.605. The Balaban J connectivity index is 2.58. The molecular formula is C10H13IO. The molecule has 0 bridgehead atoms. The standard InChI is InChI=1S/C10H13IO/c1-2-3-9-4-6-10(7-5-9)12-8-11/h4-7H,2-3,8H2,1H3. The molecule has 0 aromatic heterocycles. The van der Waals surface area contributed by atoms with Gasteiger partial charge in [0.1, 0.15) is 10.4 Å². The molecule has 12 heavy (non-hydrogen) atoms. The molecule has 0 aliphatic heterocycles. The first-order valence-electron chi connectivity index (χ1n) is 4.14. The zero-order valence-electron chi connectivity index (χ0n) is 7.22. The summed E-state index contributed by atoms with van der Waals surface area (Å²) in [5, 5.41) is 0. The normalized spacial score (nSPS) is 9.83. The Bertz CT molecular complexity index is 193. The molecule has 2 heteroatoms. The highest BCUT2D eigenvalue weighted by atomic mass is 127. The maximum atomic E-state index is 5.33. The van der Waals surface area contributed by atoms with Crippen molar-refractivity contribution in [1.29, 1.82) is 0 Å². The SMILES string of the molecule is CCCc1ccc(OCI)cc1. The summed E-state index contributed by atoms with van der Waals surface area (Å²) in [5.41, 5.74) is 1.39.